The first-order valence-corrected chi connectivity index (χ1v) is 8.87. The van der Waals surface area contributed by atoms with E-state index in [1.807, 2.05) is 0 Å². The molecule has 0 spiro atoms. The second-order valence-electron chi connectivity index (χ2n) is 7.14. The van der Waals surface area contributed by atoms with Crippen molar-refractivity contribution >= 4 is 22.4 Å². The molecule has 4 heteroatoms. The minimum absolute atomic E-state index is 0.0617. The van der Waals surface area contributed by atoms with Crippen LogP contribution in [0.5, 0.6) is 0 Å². The summed E-state index contributed by atoms with van der Waals surface area (Å²) in [5, 5.41) is 4.42. The molecule has 24 heavy (non-hydrogen) atoms. The first-order chi connectivity index (χ1) is 11.6. The third-order valence-corrected chi connectivity index (χ3v) is 5.46. The van der Waals surface area contributed by atoms with Crippen molar-refractivity contribution in [2.24, 2.45) is 13.0 Å². The Morgan fingerprint density at radius 2 is 2.17 bits per heavy atom. The Hall–Kier alpha value is -2.07. The van der Waals surface area contributed by atoms with Crippen molar-refractivity contribution in [1.29, 1.82) is 0 Å². The summed E-state index contributed by atoms with van der Waals surface area (Å²) in [7, 11) is 4.26. The fourth-order valence-corrected chi connectivity index (χ4v) is 4.27. The third kappa shape index (κ3) is 2.28. The van der Waals surface area contributed by atoms with Gasteiger partial charge in [0.05, 0.1) is 5.92 Å². The molecule has 2 aromatic rings. The van der Waals surface area contributed by atoms with E-state index in [0.29, 0.717) is 6.04 Å². The van der Waals surface area contributed by atoms with Crippen LogP contribution in [0.15, 0.2) is 30.5 Å². The molecular formula is C20H25N3O. The number of rotatable bonds is 3. The summed E-state index contributed by atoms with van der Waals surface area (Å²) >= 11 is 0. The predicted octanol–water partition coefficient (Wildman–Crippen LogP) is 2.57. The average molecular weight is 323 g/mol. The highest BCUT2D eigenvalue weighted by molar-refractivity contribution is 5.99. The van der Waals surface area contributed by atoms with E-state index in [2.05, 4.69) is 66.3 Å². The van der Waals surface area contributed by atoms with Crippen molar-refractivity contribution in [2.75, 3.05) is 20.1 Å². The summed E-state index contributed by atoms with van der Waals surface area (Å²) in [5.74, 6) is 0.0917. The molecule has 0 bridgehead atoms. The standard InChI is InChI=1S/C20H25N3O/c1-4-8-21-20(24)14-9-16-15-6-5-7-17-19(15)13(11-22(17)2)10-18(16)23(3)12-14/h5-7,9,11,14,18H,4,8,10,12H2,1-3H3,(H,21,24)/t14-,18-/m1/s1. The monoisotopic (exact) mass is 323 g/mol. The maximum absolute atomic E-state index is 12.5. The minimum Gasteiger partial charge on any atom is -0.356 e. The lowest BCUT2D eigenvalue weighted by Crippen LogP contribution is -2.46. The Labute approximate surface area is 143 Å². The molecule has 1 amide bonds. The van der Waals surface area contributed by atoms with Crippen LogP contribution in [-0.2, 0) is 18.3 Å². The molecule has 0 saturated heterocycles. The van der Waals surface area contributed by atoms with E-state index >= 15 is 0 Å². The maximum atomic E-state index is 12.5. The Morgan fingerprint density at radius 1 is 1.33 bits per heavy atom. The summed E-state index contributed by atoms with van der Waals surface area (Å²) in [6, 6.07) is 6.90. The zero-order valence-electron chi connectivity index (χ0n) is 14.7. The van der Waals surface area contributed by atoms with Gasteiger partial charge < -0.3 is 9.88 Å². The Balaban J connectivity index is 1.80. The quantitative estimate of drug-likeness (QED) is 0.943. The predicted molar refractivity (Wildman–Crippen MR) is 97.8 cm³/mol. The average Bonchev–Trinajstić information content (AvgIpc) is 2.91. The summed E-state index contributed by atoms with van der Waals surface area (Å²) in [4.78, 5) is 14.8. The zero-order chi connectivity index (χ0) is 16.8. The first kappa shape index (κ1) is 15.5. The lowest BCUT2D eigenvalue weighted by molar-refractivity contribution is -0.124. The van der Waals surface area contributed by atoms with Crippen LogP contribution in [0.2, 0.25) is 0 Å². The molecule has 4 rings (SSSR count). The topological polar surface area (TPSA) is 37.3 Å². The number of nitrogens with zero attached hydrogens (tertiary/aromatic N) is 2. The van der Waals surface area contributed by atoms with Gasteiger partial charge in [-0.25, -0.2) is 0 Å². The van der Waals surface area contributed by atoms with Crippen molar-refractivity contribution in [2.45, 2.75) is 25.8 Å². The molecule has 1 N–H and O–H groups in total. The number of hydrogen-bond donors (Lipinski definition) is 1. The summed E-state index contributed by atoms with van der Waals surface area (Å²) in [5.41, 5.74) is 5.33. The molecule has 4 nitrogen and oxygen atoms in total. The second kappa shape index (κ2) is 5.78. The van der Waals surface area contributed by atoms with Crippen LogP contribution in [0.25, 0.3) is 16.5 Å². The van der Waals surface area contributed by atoms with Crippen LogP contribution in [0.4, 0.5) is 0 Å². The number of amides is 1. The molecule has 1 aliphatic heterocycles. The van der Waals surface area contributed by atoms with E-state index < -0.39 is 0 Å². The molecule has 2 aliphatic rings. The van der Waals surface area contributed by atoms with Gasteiger partial charge in [0.15, 0.2) is 0 Å². The number of benzene rings is 1. The van der Waals surface area contributed by atoms with Crippen LogP contribution in [-0.4, -0.2) is 41.6 Å². The highest BCUT2D eigenvalue weighted by Gasteiger charge is 2.35. The van der Waals surface area contributed by atoms with E-state index in [-0.39, 0.29) is 11.8 Å². The molecule has 0 saturated carbocycles. The molecule has 1 aromatic carbocycles. The van der Waals surface area contributed by atoms with Gasteiger partial charge in [-0.3, -0.25) is 9.69 Å². The Morgan fingerprint density at radius 3 is 2.96 bits per heavy atom. The van der Waals surface area contributed by atoms with Crippen LogP contribution < -0.4 is 5.32 Å². The van der Waals surface area contributed by atoms with Gasteiger partial charge >= 0.3 is 0 Å². The SMILES string of the molecule is CCCNC(=O)[C@@H]1C=C2c3cccc4c3c(cn4C)C[C@H]2N(C)C1. The second-order valence-corrected chi connectivity index (χ2v) is 7.14. The molecule has 1 aromatic heterocycles. The molecule has 0 unspecified atom stereocenters. The number of likely N-dealkylation sites (N-methyl/N-ethyl adjacent to an activating group) is 1. The summed E-state index contributed by atoms with van der Waals surface area (Å²) in [6.07, 6.45) is 6.49. The van der Waals surface area contributed by atoms with Gasteiger partial charge in [-0.2, -0.15) is 0 Å². The molecule has 126 valence electrons. The highest BCUT2D eigenvalue weighted by Crippen LogP contribution is 2.41. The van der Waals surface area contributed by atoms with E-state index in [1.165, 1.54) is 27.6 Å². The number of carbonyl (C=O) groups is 1. The van der Waals surface area contributed by atoms with E-state index in [4.69, 9.17) is 0 Å². The van der Waals surface area contributed by atoms with Gasteiger partial charge in [0.2, 0.25) is 5.91 Å². The Bertz CT molecular complexity index is 833. The largest absolute Gasteiger partial charge is 0.356 e. The third-order valence-electron chi connectivity index (χ3n) is 5.46. The van der Waals surface area contributed by atoms with Crippen LogP contribution in [0.1, 0.15) is 24.5 Å². The van der Waals surface area contributed by atoms with Gasteiger partial charge in [-0.15, -0.1) is 0 Å². The molecule has 0 radical (unpaired) electrons. The van der Waals surface area contributed by atoms with Crippen molar-refractivity contribution in [3.05, 3.63) is 41.6 Å². The molecular weight excluding hydrogens is 298 g/mol. The van der Waals surface area contributed by atoms with Gasteiger partial charge in [0, 0.05) is 43.3 Å². The van der Waals surface area contributed by atoms with Crippen molar-refractivity contribution in [3.63, 3.8) is 0 Å². The summed E-state index contributed by atoms with van der Waals surface area (Å²) in [6.45, 7) is 3.63. The van der Waals surface area contributed by atoms with Gasteiger partial charge in [0.25, 0.3) is 0 Å². The normalized spacial score (nSPS) is 23.0. The maximum Gasteiger partial charge on any atom is 0.228 e. The van der Waals surface area contributed by atoms with Crippen molar-refractivity contribution in [1.82, 2.24) is 14.8 Å². The van der Waals surface area contributed by atoms with Gasteiger partial charge in [0.1, 0.15) is 0 Å². The van der Waals surface area contributed by atoms with E-state index in [9.17, 15) is 4.79 Å². The lowest BCUT2D eigenvalue weighted by Gasteiger charge is -2.39. The smallest absolute Gasteiger partial charge is 0.228 e. The van der Waals surface area contributed by atoms with Crippen molar-refractivity contribution in [3.8, 4) is 0 Å². The zero-order valence-corrected chi connectivity index (χ0v) is 14.7. The number of hydrogen-bond acceptors (Lipinski definition) is 2. The van der Waals surface area contributed by atoms with E-state index in [1.54, 1.807) is 0 Å². The number of carbonyl (C=O) groups excluding carboxylic acids is 1. The fourth-order valence-electron chi connectivity index (χ4n) is 4.27. The molecule has 2 heterocycles. The Kier molecular flexibility index (Phi) is 3.72. The molecule has 1 aliphatic carbocycles. The first-order valence-electron chi connectivity index (χ1n) is 8.87. The molecule has 0 fully saturated rings. The number of aryl methyl sites for hydroxylation is 1. The van der Waals surface area contributed by atoms with Gasteiger partial charge in [-0.05, 0) is 42.7 Å². The molecule has 2 atom stereocenters. The van der Waals surface area contributed by atoms with Crippen LogP contribution >= 0.6 is 0 Å². The number of aromatic nitrogens is 1. The van der Waals surface area contributed by atoms with Gasteiger partial charge in [-0.1, -0.05) is 25.1 Å². The lowest BCUT2D eigenvalue weighted by atomic mass is 9.80. The van der Waals surface area contributed by atoms with Crippen LogP contribution in [0.3, 0.4) is 0 Å². The fraction of sp³-hybridized carbons (Fsp3) is 0.450. The van der Waals surface area contributed by atoms with Crippen LogP contribution in [0, 0.1) is 5.92 Å². The number of fused-ring (bicyclic) bond motifs is 2. The minimum atomic E-state index is -0.0617. The number of nitrogens with one attached hydrogen (secondary N) is 1. The summed E-state index contributed by atoms with van der Waals surface area (Å²) < 4.78 is 2.22. The van der Waals surface area contributed by atoms with E-state index in [0.717, 1.165) is 25.9 Å². The highest BCUT2D eigenvalue weighted by atomic mass is 16.1. The van der Waals surface area contributed by atoms with Crippen molar-refractivity contribution < 1.29 is 4.79 Å².